The van der Waals surface area contributed by atoms with E-state index in [1.807, 2.05) is 84.9 Å². The number of fused-ring (bicyclic) bond motifs is 1. The van der Waals surface area contributed by atoms with Gasteiger partial charge in [0.25, 0.3) is 0 Å². The van der Waals surface area contributed by atoms with Crippen LogP contribution in [0.4, 0.5) is 0 Å². The second-order valence-electron chi connectivity index (χ2n) is 14.4. The minimum atomic E-state index is -1.41. The number of carbonyl (C=O) groups excluding carboxylic acids is 2. The lowest BCUT2D eigenvalue weighted by molar-refractivity contribution is -0.261. The molecule has 61 heavy (non-hydrogen) atoms. The van der Waals surface area contributed by atoms with Crippen LogP contribution in [0.3, 0.4) is 0 Å². The molecule has 7 atom stereocenters. The summed E-state index contributed by atoms with van der Waals surface area (Å²) < 4.78 is 44.0. The van der Waals surface area contributed by atoms with Crippen LogP contribution in [-0.2, 0) is 59.3 Å². The largest absolute Gasteiger partial charge is 0.496 e. The summed E-state index contributed by atoms with van der Waals surface area (Å²) in [6.07, 6.45) is -2.00. The molecule has 17 nitrogen and oxygen atoms in total. The Balaban J connectivity index is 1.18. The molecule has 0 saturated carbocycles. The van der Waals surface area contributed by atoms with Gasteiger partial charge in [0.1, 0.15) is 53.4 Å². The lowest BCUT2D eigenvalue weighted by Crippen LogP contribution is -2.57. The van der Waals surface area contributed by atoms with Gasteiger partial charge >= 0.3 is 11.9 Å². The van der Waals surface area contributed by atoms with Crippen LogP contribution in [-0.4, -0.2) is 112 Å². The van der Waals surface area contributed by atoms with Crippen molar-refractivity contribution in [3.8, 4) is 11.5 Å². The lowest BCUT2D eigenvalue weighted by atomic mass is 9.89. The van der Waals surface area contributed by atoms with Crippen molar-refractivity contribution in [3.63, 3.8) is 0 Å². The predicted octanol–water partition coefficient (Wildman–Crippen LogP) is 3.92. The molecule has 0 bridgehead atoms. The first-order valence-corrected chi connectivity index (χ1v) is 19.6. The number of rotatable bonds is 18. The highest BCUT2D eigenvalue weighted by Gasteiger charge is 2.48. The summed E-state index contributed by atoms with van der Waals surface area (Å²) in [4.78, 5) is 25.8. The summed E-state index contributed by atoms with van der Waals surface area (Å²) in [7, 11) is 5.69. The third-order valence-corrected chi connectivity index (χ3v) is 10.6. The number of esters is 2. The van der Waals surface area contributed by atoms with Gasteiger partial charge in [-0.1, -0.05) is 95.4 Å². The van der Waals surface area contributed by atoms with Crippen molar-refractivity contribution in [2.75, 3.05) is 35.0 Å². The highest BCUT2D eigenvalue weighted by Crippen LogP contribution is 2.45. The number of aromatic nitrogens is 6. The van der Waals surface area contributed by atoms with E-state index >= 15 is 0 Å². The Morgan fingerprint density at radius 3 is 1.70 bits per heavy atom. The number of ether oxygens (including phenoxy) is 7. The summed E-state index contributed by atoms with van der Waals surface area (Å²) in [5, 5.41) is 41.6. The quantitative estimate of drug-likeness (QED) is 0.118. The van der Waals surface area contributed by atoms with Gasteiger partial charge in [-0.15, -0.1) is 10.2 Å². The maximum absolute atomic E-state index is 12.9. The number of carbonyl (C=O) groups is 2. The molecule has 1 saturated heterocycles. The lowest BCUT2D eigenvalue weighted by Gasteiger charge is -2.44. The molecule has 0 spiro atoms. The highest BCUT2D eigenvalue weighted by molar-refractivity contribution is 5.94. The van der Waals surface area contributed by atoms with E-state index in [-0.39, 0.29) is 13.2 Å². The zero-order valence-electron chi connectivity index (χ0n) is 34.1. The Kier molecular flexibility index (Phi) is 14.0. The average molecular weight is 837 g/mol. The Hall–Kier alpha value is -6.24. The van der Waals surface area contributed by atoms with Crippen molar-refractivity contribution in [1.82, 2.24) is 30.0 Å². The molecule has 1 aliphatic heterocycles. The number of benzene rings is 4. The molecule has 0 radical (unpaired) electrons. The van der Waals surface area contributed by atoms with E-state index < -0.39 is 61.1 Å². The van der Waals surface area contributed by atoms with Gasteiger partial charge in [-0.3, -0.25) is 0 Å². The molecular weight excluding hydrogens is 789 g/mol. The van der Waals surface area contributed by atoms with Crippen LogP contribution in [0.25, 0.3) is 10.8 Å². The van der Waals surface area contributed by atoms with Gasteiger partial charge in [-0.2, -0.15) is 0 Å². The number of aliphatic hydroxyl groups excluding tert-OH is 2. The monoisotopic (exact) mass is 836 g/mol. The molecule has 3 heterocycles. The van der Waals surface area contributed by atoms with Crippen molar-refractivity contribution >= 4 is 22.7 Å². The Bertz CT molecular complexity index is 2380. The van der Waals surface area contributed by atoms with E-state index in [4.69, 9.17) is 33.2 Å². The summed E-state index contributed by atoms with van der Waals surface area (Å²) in [5.41, 5.74) is 2.95. The molecule has 0 aliphatic carbocycles. The van der Waals surface area contributed by atoms with E-state index in [1.165, 1.54) is 30.7 Å². The summed E-state index contributed by atoms with van der Waals surface area (Å²) in [6.45, 7) is -0.865. The van der Waals surface area contributed by atoms with Gasteiger partial charge < -0.3 is 43.4 Å². The molecule has 6 aromatic rings. The molecule has 1 fully saturated rings. The minimum Gasteiger partial charge on any atom is -0.496 e. The number of nitrogens with zero attached hydrogens (tertiary/aromatic N) is 6. The first-order chi connectivity index (χ1) is 29.8. The van der Waals surface area contributed by atoms with Crippen molar-refractivity contribution in [2.24, 2.45) is 0 Å². The minimum absolute atomic E-state index is 0.162. The maximum atomic E-state index is 12.9. The second-order valence-corrected chi connectivity index (χ2v) is 14.4. The highest BCUT2D eigenvalue weighted by atomic mass is 16.6. The molecule has 0 amide bonds. The van der Waals surface area contributed by atoms with E-state index in [0.29, 0.717) is 41.3 Å². The van der Waals surface area contributed by atoms with Crippen molar-refractivity contribution < 1.29 is 53.0 Å². The third kappa shape index (κ3) is 9.56. The van der Waals surface area contributed by atoms with Gasteiger partial charge in [0.2, 0.25) is 0 Å². The summed E-state index contributed by atoms with van der Waals surface area (Å²) in [6, 6.07) is 26.5. The molecule has 2 N–H and O–H groups in total. The molecular formula is C44H48N6O11. The van der Waals surface area contributed by atoms with Crippen molar-refractivity contribution in [1.29, 1.82) is 0 Å². The van der Waals surface area contributed by atoms with Crippen LogP contribution in [0.15, 0.2) is 103 Å². The Labute approximate surface area is 351 Å². The smallest absolute Gasteiger partial charge is 0.331 e. The SMILES string of the molecule is COC(=O)[C@H](Cc1ccccc1)n1cc(CO[C@@H]2[C@@H](O)[C@H](c3cc(OC)c4ccccc4c3OC)O[C@H](CO)[C@H]2OCc2cn([C@@H](Cc3ccccc3)C(=O)OC)nn2)nn1. The molecule has 4 aromatic carbocycles. The zero-order valence-corrected chi connectivity index (χ0v) is 34.1. The van der Waals surface area contributed by atoms with Crippen LogP contribution in [0.2, 0.25) is 0 Å². The molecule has 2 aromatic heterocycles. The van der Waals surface area contributed by atoms with Crippen molar-refractivity contribution in [3.05, 3.63) is 131 Å². The summed E-state index contributed by atoms with van der Waals surface area (Å²) in [5.74, 6) is -0.0393. The molecule has 7 rings (SSSR count). The Morgan fingerprint density at radius 2 is 1.21 bits per heavy atom. The van der Waals surface area contributed by atoms with E-state index in [9.17, 15) is 19.8 Å². The van der Waals surface area contributed by atoms with E-state index in [1.54, 1.807) is 25.6 Å². The van der Waals surface area contributed by atoms with Gasteiger partial charge in [0.15, 0.2) is 12.1 Å². The summed E-state index contributed by atoms with van der Waals surface area (Å²) >= 11 is 0. The average Bonchev–Trinajstić information content (AvgIpc) is 3.98. The van der Waals surface area contributed by atoms with Crippen LogP contribution in [0, 0.1) is 0 Å². The third-order valence-electron chi connectivity index (χ3n) is 10.6. The van der Waals surface area contributed by atoms with Crippen LogP contribution in [0.1, 0.15) is 46.3 Å². The van der Waals surface area contributed by atoms with E-state index in [0.717, 1.165) is 21.9 Å². The number of hydrogen-bond acceptors (Lipinski definition) is 15. The van der Waals surface area contributed by atoms with Gasteiger partial charge in [-0.25, -0.2) is 19.0 Å². The standard InChI is InChI=1S/C44H48N6O11/c1-55-36-21-33(39(56-2)32-18-12-11-17-31(32)36)40-38(52)42(60-26-30-23-50(48-46-30)35(44(54)58-4)20-28-15-9-6-10-16-28)41(37(24-51)61-40)59-25-29-22-49(47-45-29)34(43(53)57-3)19-27-13-7-5-8-14-27/h5-18,21-23,34-35,37-38,40-42,51-52H,19-20,24-26H2,1-4H3/t34-,35-,37+,38-,40-,41+,42+/m0/s1. The van der Waals surface area contributed by atoms with Crippen molar-refractivity contribution in [2.45, 2.75) is 68.7 Å². The normalized spacial score (nSPS) is 19.9. The topological polar surface area (TPSA) is 201 Å². The first kappa shape index (κ1) is 42.9. The number of aliphatic hydroxyl groups is 2. The van der Waals surface area contributed by atoms with Crippen LogP contribution >= 0.6 is 0 Å². The fraction of sp³-hybridized carbons (Fsp3) is 0.364. The fourth-order valence-corrected chi connectivity index (χ4v) is 7.61. The zero-order chi connectivity index (χ0) is 42.9. The van der Waals surface area contributed by atoms with Crippen LogP contribution < -0.4 is 9.47 Å². The maximum Gasteiger partial charge on any atom is 0.331 e. The number of hydrogen-bond donors (Lipinski definition) is 2. The first-order valence-electron chi connectivity index (χ1n) is 19.6. The van der Waals surface area contributed by atoms with E-state index in [2.05, 4.69) is 20.6 Å². The second kappa shape index (κ2) is 19.9. The van der Waals surface area contributed by atoms with Gasteiger partial charge in [-0.05, 0) is 17.2 Å². The number of methoxy groups -OCH3 is 4. The molecule has 17 heteroatoms. The fourth-order valence-electron chi connectivity index (χ4n) is 7.61. The molecule has 1 aliphatic rings. The Morgan fingerprint density at radius 1 is 0.705 bits per heavy atom. The van der Waals surface area contributed by atoms with Gasteiger partial charge in [0, 0.05) is 29.2 Å². The van der Waals surface area contributed by atoms with Crippen LogP contribution in [0.5, 0.6) is 11.5 Å². The predicted molar refractivity (Wildman–Crippen MR) is 217 cm³/mol. The van der Waals surface area contributed by atoms with Gasteiger partial charge in [0.05, 0.1) is 60.7 Å². The molecule has 320 valence electrons. The molecule has 0 unspecified atom stereocenters.